The second-order valence-corrected chi connectivity index (χ2v) is 5.00. The lowest BCUT2D eigenvalue weighted by atomic mass is 10.3. The van der Waals surface area contributed by atoms with Crippen molar-refractivity contribution in [3.05, 3.63) is 0 Å². The van der Waals surface area contributed by atoms with Gasteiger partial charge in [0, 0.05) is 23.0 Å². The summed E-state index contributed by atoms with van der Waals surface area (Å²) in [7, 11) is 0. The minimum Gasteiger partial charge on any atom is -0.394 e. The van der Waals surface area contributed by atoms with Crippen LogP contribution in [-0.2, 0) is 0 Å². The van der Waals surface area contributed by atoms with Gasteiger partial charge < -0.3 is 30.6 Å². The highest BCUT2D eigenvalue weighted by atomic mass is 32.1. The van der Waals surface area contributed by atoms with Crippen LogP contribution in [0.5, 0.6) is 0 Å². The number of hydrogen-bond donors (Lipinski definition) is 10. The van der Waals surface area contributed by atoms with E-state index >= 15 is 0 Å². The maximum absolute atomic E-state index is 8.75. The number of aliphatic hydroxyl groups excluding tert-OH is 6. The van der Waals surface area contributed by atoms with E-state index in [0.29, 0.717) is 11.5 Å². The lowest BCUT2D eigenvalue weighted by Crippen LogP contribution is -2.28. The molecule has 6 N–H and O–H groups in total. The highest BCUT2D eigenvalue weighted by molar-refractivity contribution is 7.80. The van der Waals surface area contributed by atoms with Gasteiger partial charge in [0.15, 0.2) is 0 Å². The third kappa shape index (κ3) is 21.5. The first-order valence-corrected chi connectivity index (χ1v) is 8.24. The van der Waals surface area contributed by atoms with Gasteiger partial charge >= 0.3 is 0 Å². The van der Waals surface area contributed by atoms with Crippen molar-refractivity contribution in [2.24, 2.45) is 0 Å². The van der Waals surface area contributed by atoms with Crippen molar-refractivity contribution in [1.29, 1.82) is 0 Å². The molecular weight excluding hydrogens is 344 g/mol. The van der Waals surface area contributed by atoms with Gasteiger partial charge in [-0.15, -0.1) is 0 Å². The standard InChI is InChI=1S/C4H10O2S2.2C3H8O2S/c5-3(1-7)4(6)2-8;2*4-1-3(5)2-6/h3-8H,1-2H2;2*3-6H,1-2H2/t3-,4-;;/m1../s1. The van der Waals surface area contributed by atoms with E-state index in [4.69, 9.17) is 30.6 Å². The van der Waals surface area contributed by atoms with Crippen molar-refractivity contribution in [1.82, 2.24) is 0 Å². The fourth-order valence-electron chi connectivity index (χ4n) is 0.359. The van der Waals surface area contributed by atoms with Gasteiger partial charge in [0.2, 0.25) is 0 Å². The Labute approximate surface area is 141 Å². The van der Waals surface area contributed by atoms with E-state index in [1.807, 2.05) is 0 Å². The molecule has 0 aromatic heterocycles. The molecule has 0 aliphatic rings. The molecule has 126 valence electrons. The predicted molar refractivity (Wildman–Crippen MR) is 93.6 cm³/mol. The van der Waals surface area contributed by atoms with Crippen LogP contribution in [0.3, 0.4) is 0 Å². The molecule has 4 atom stereocenters. The predicted octanol–water partition coefficient (Wildman–Crippen LogP) is -1.89. The van der Waals surface area contributed by atoms with E-state index in [2.05, 4.69) is 50.5 Å². The summed E-state index contributed by atoms with van der Waals surface area (Å²) in [5.41, 5.74) is 0. The van der Waals surface area contributed by atoms with Crippen LogP contribution in [0.25, 0.3) is 0 Å². The Bertz CT molecular complexity index is 154. The third-order valence-electron chi connectivity index (χ3n) is 1.66. The fraction of sp³-hybridized carbons (Fsp3) is 1.00. The van der Waals surface area contributed by atoms with Crippen molar-refractivity contribution >= 4 is 50.5 Å². The first kappa shape index (κ1) is 26.1. The molecule has 0 amide bonds. The molecule has 0 saturated heterocycles. The molecule has 10 heteroatoms. The molecule has 0 aliphatic carbocycles. The summed E-state index contributed by atoms with van der Waals surface area (Å²) in [4.78, 5) is 0. The zero-order valence-corrected chi connectivity index (χ0v) is 14.6. The molecule has 0 saturated carbocycles. The normalized spacial score (nSPS) is 15.9. The molecule has 20 heavy (non-hydrogen) atoms. The summed E-state index contributed by atoms with van der Waals surface area (Å²) in [5, 5.41) is 50.3. The summed E-state index contributed by atoms with van der Waals surface area (Å²) in [5.74, 6) is 1.22. The Kier molecular flexibility index (Phi) is 26.3. The lowest BCUT2D eigenvalue weighted by molar-refractivity contribution is 0.0504. The minimum atomic E-state index is -0.740. The van der Waals surface area contributed by atoms with Gasteiger partial charge in [-0.05, 0) is 0 Å². The van der Waals surface area contributed by atoms with Crippen LogP contribution >= 0.6 is 50.5 Å². The van der Waals surface area contributed by atoms with E-state index in [1.54, 1.807) is 0 Å². The van der Waals surface area contributed by atoms with Gasteiger partial charge in [-0.2, -0.15) is 50.5 Å². The Morgan fingerprint density at radius 2 is 0.800 bits per heavy atom. The van der Waals surface area contributed by atoms with Crippen molar-refractivity contribution < 1.29 is 30.6 Å². The summed E-state index contributed by atoms with van der Waals surface area (Å²) in [6.07, 6.45) is -2.77. The molecule has 0 bridgehead atoms. The molecule has 0 aliphatic heterocycles. The van der Waals surface area contributed by atoms with Gasteiger partial charge in [-0.25, -0.2) is 0 Å². The number of hydrogen-bond acceptors (Lipinski definition) is 10. The molecule has 0 radical (unpaired) electrons. The zero-order chi connectivity index (χ0) is 16.6. The highest BCUT2D eigenvalue weighted by Gasteiger charge is 2.10. The average Bonchev–Trinajstić information content (AvgIpc) is 2.52. The Hall–Kier alpha value is 1.16. The quantitative estimate of drug-likeness (QED) is 0.239. The van der Waals surface area contributed by atoms with Gasteiger partial charge in [0.05, 0.1) is 37.6 Å². The molecule has 0 aromatic rings. The Morgan fingerprint density at radius 1 is 0.550 bits per heavy atom. The van der Waals surface area contributed by atoms with Crippen LogP contribution in [0.4, 0.5) is 0 Å². The van der Waals surface area contributed by atoms with E-state index in [1.165, 1.54) is 0 Å². The van der Waals surface area contributed by atoms with Crippen LogP contribution < -0.4 is 0 Å². The van der Waals surface area contributed by atoms with Gasteiger partial charge in [-0.3, -0.25) is 0 Å². The van der Waals surface area contributed by atoms with E-state index in [0.717, 1.165) is 0 Å². The number of thiol groups is 4. The van der Waals surface area contributed by atoms with Crippen molar-refractivity contribution in [2.45, 2.75) is 24.4 Å². The van der Waals surface area contributed by atoms with E-state index in [9.17, 15) is 0 Å². The molecule has 0 fully saturated rings. The highest BCUT2D eigenvalue weighted by Crippen LogP contribution is 1.96. The topological polar surface area (TPSA) is 121 Å². The second kappa shape index (κ2) is 20.2. The van der Waals surface area contributed by atoms with Gasteiger partial charge in [0.1, 0.15) is 0 Å². The van der Waals surface area contributed by atoms with Crippen LogP contribution in [0, 0.1) is 0 Å². The average molecular weight is 371 g/mol. The first-order valence-electron chi connectivity index (χ1n) is 5.71. The summed E-state index contributed by atoms with van der Waals surface area (Å²) in [6.45, 7) is -0.382. The molecule has 0 spiro atoms. The largest absolute Gasteiger partial charge is 0.394 e. The van der Waals surface area contributed by atoms with E-state index in [-0.39, 0.29) is 24.7 Å². The first-order chi connectivity index (χ1) is 9.33. The molecule has 0 aromatic carbocycles. The monoisotopic (exact) mass is 370 g/mol. The lowest BCUT2D eigenvalue weighted by Gasteiger charge is -2.11. The summed E-state index contributed by atoms with van der Waals surface area (Å²) >= 11 is 14.9. The number of aliphatic hydroxyl groups is 6. The molecule has 0 rings (SSSR count). The zero-order valence-electron chi connectivity index (χ0n) is 11.0. The maximum atomic E-state index is 8.75. The number of rotatable bonds is 7. The van der Waals surface area contributed by atoms with Crippen molar-refractivity contribution in [2.75, 3.05) is 36.2 Å². The minimum absolute atomic E-state index is 0.191. The Morgan fingerprint density at radius 3 is 0.850 bits per heavy atom. The van der Waals surface area contributed by atoms with Crippen LogP contribution in [0.15, 0.2) is 0 Å². The Balaban J connectivity index is -0.000000221. The van der Waals surface area contributed by atoms with E-state index < -0.39 is 24.4 Å². The smallest absolute Gasteiger partial charge is 0.0894 e. The maximum Gasteiger partial charge on any atom is 0.0894 e. The van der Waals surface area contributed by atoms with Crippen molar-refractivity contribution in [3.8, 4) is 0 Å². The van der Waals surface area contributed by atoms with Gasteiger partial charge in [-0.1, -0.05) is 0 Å². The molecular formula is C10H26O6S4. The van der Waals surface area contributed by atoms with Crippen LogP contribution in [-0.4, -0.2) is 91.3 Å². The van der Waals surface area contributed by atoms with Crippen molar-refractivity contribution in [3.63, 3.8) is 0 Å². The van der Waals surface area contributed by atoms with Crippen LogP contribution in [0.1, 0.15) is 0 Å². The van der Waals surface area contributed by atoms with Gasteiger partial charge in [0.25, 0.3) is 0 Å². The molecule has 2 unspecified atom stereocenters. The fourth-order valence-corrected chi connectivity index (χ4v) is 1.08. The molecule has 0 heterocycles. The SMILES string of the molecule is OCC(O)CS.OCC(O)CS.O[C@H](CS)[C@H](O)CS. The third-order valence-corrected chi connectivity index (χ3v) is 3.25. The second-order valence-electron chi connectivity index (χ2n) is 3.54. The summed E-state index contributed by atoms with van der Waals surface area (Å²) in [6, 6.07) is 0. The van der Waals surface area contributed by atoms with Crippen LogP contribution in [0.2, 0.25) is 0 Å². The molecule has 6 nitrogen and oxygen atoms in total. The summed E-state index contributed by atoms with van der Waals surface area (Å²) < 4.78 is 0.